The van der Waals surface area contributed by atoms with Crippen LogP contribution in [0.2, 0.25) is 0 Å². The molecule has 0 aliphatic heterocycles. The predicted molar refractivity (Wildman–Crippen MR) is 97.5 cm³/mol. The third-order valence-corrected chi connectivity index (χ3v) is 4.40. The number of hydrogen-bond donors (Lipinski definition) is 1. The number of carbonyl (C=O) groups is 1. The number of halogens is 2. The molecule has 0 unspecified atom stereocenters. The Morgan fingerprint density at radius 3 is 2.28 bits per heavy atom. The second-order valence-electron chi connectivity index (χ2n) is 5.44. The number of ketones is 1. The van der Waals surface area contributed by atoms with Gasteiger partial charge in [0.2, 0.25) is 10.0 Å². The van der Waals surface area contributed by atoms with Crippen molar-refractivity contribution >= 4 is 40.1 Å². The van der Waals surface area contributed by atoms with E-state index >= 15 is 0 Å². The van der Waals surface area contributed by atoms with E-state index in [0.717, 1.165) is 29.4 Å². The van der Waals surface area contributed by atoms with E-state index in [9.17, 15) is 21.0 Å². The van der Waals surface area contributed by atoms with Crippen LogP contribution in [0.5, 0.6) is 0 Å². The molecule has 25 heavy (non-hydrogen) atoms. The van der Waals surface area contributed by atoms with E-state index in [1.54, 1.807) is 12.1 Å². The van der Waals surface area contributed by atoms with E-state index in [1.807, 2.05) is 18.2 Å². The zero-order valence-electron chi connectivity index (χ0n) is 13.2. The third kappa shape index (κ3) is 5.53. The van der Waals surface area contributed by atoms with Gasteiger partial charge in [0.25, 0.3) is 0 Å². The topological polar surface area (TPSA) is 77.2 Å². The highest BCUT2D eigenvalue weighted by molar-refractivity contribution is 7.95. The lowest BCUT2D eigenvalue weighted by Gasteiger charge is -2.08. The van der Waals surface area contributed by atoms with E-state index in [2.05, 4.69) is 5.14 Å². The Morgan fingerprint density at radius 1 is 1.00 bits per heavy atom. The number of hydrogen-bond acceptors (Lipinski definition) is 5. The summed E-state index contributed by atoms with van der Waals surface area (Å²) in [7, 11) is -3.17. The molecule has 0 amide bonds. The molecule has 2 aromatic carbocycles. The lowest BCUT2D eigenvalue weighted by Crippen LogP contribution is -2.07. The van der Waals surface area contributed by atoms with Crippen LogP contribution in [0.25, 0.3) is 11.1 Å². The molecule has 0 aromatic heterocycles. The van der Waals surface area contributed by atoms with Gasteiger partial charge in [0.15, 0.2) is 5.78 Å². The van der Waals surface area contributed by atoms with Crippen molar-refractivity contribution in [2.75, 3.05) is 6.26 Å². The van der Waals surface area contributed by atoms with E-state index in [4.69, 9.17) is 0 Å². The van der Waals surface area contributed by atoms with Crippen LogP contribution < -0.4 is 5.14 Å². The molecule has 2 N–H and O–H groups in total. The van der Waals surface area contributed by atoms with Crippen LogP contribution in [-0.4, -0.2) is 20.5 Å². The van der Waals surface area contributed by atoms with Crippen LogP contribution in [0.3, 0.4) is 0 Å². The number of benzene rings is 2. The zero-order chi connectivity index (χ0) is 18.6. The summed E-state index contributed by atoms with van der Waals surface area (Å²) in [5.41, 5.74) is 3.23. The predicted octanol–water partition coefficient (Wildman–Crippen LogP) is 4.34. The van der Waals surface area contributed by atoms with Crippen LogP contribution in [0.1, 0.15) is 22.3 Å². The molecule has 0 fully saturated rings. The smallest absolute Gasteiger partial charge is 0.206 e. The highest BCUT2D eigenvalue weighted by Gasteiger charge is 2.20. The molecule has 0 atom stereocenters. The molecule has 0 heterocycles. The first-order valence-electron chi connectivity index (χ1n) is 7.08. The molecule has 0 radical (unpaired) electrons. The first-order chi connectivity index (χ1) is 11.7. The van der Waals surface area contributed by atoms with Crippen LogP contribution in [0.15, 0.2) is 46.2 Å². The van der Waals surface area contributed by atoms with Gasteiger partial charge in [-0.2, -0.15) is 7.77 Å². The summed E-state index contributed by atoms with van der Waals surface area (Å²) in [6.07, 6.45) is 2.25. The van der Waals surface area contributed by atoms with Gasteiger partial charge in [0.05, 0.1) is 30.6 Å². The van der Waals surface area contributed by atoms with Gasteiger partial charge in [0.1, 0.15) is 0 Å². The van der Waals surface area contributed by atoms with E-state index < -0.39 is 10.0 Å². The van der Waals surface area contributed by atoms with Crippen molar-refractivity contribution in [2.24, 2.45) is 5.14 Å². The van der Waals surface area contributed by atoms with E-state index in [-0.39, 0.29) is 30.1 Å². The quantitative estimate of drug-likeness (QED) is 0.825. The minimum atomic E-state index is -3.17. The van der Waals surface area contributed by atoms with Crippen molar-refractivity contribution in [3.8, 4) is 11.1 Å². The summed E-state index contributed by atoms with van der Waals surface area (Å²) >= 11 is 0.178. The van der Waals surface area contributed by atoms with Crippen LogP contribution in [-0.2, 0) is 16.4 Å². The van der Waals surface area contributed by atoms with Crippen molar-refractivity contribution in [1.29, 1.82) is 0 Å². The van der Waals surface area contributed by atoms with E-state index in [0.29, 0.717) is 21.8 Å². The van der Waals surface area contributed by atoms with Gasteiger partial charge in [-0.3, -0.25) is 4.79 Å². The lowest BCUT2D eigenvalue weighted by molar-refractivity contribution is 0.0994. The van der Waals surface area contributed by atoms with Crippen LogP contribution in [0, 0.1) is 0 Å². The van der Waals surface area contributed by atoms with Gasteiger partial charge in [-0.1, -0.05) is 18.2 Å². The Balaban J connectivity index is 0.000000399. The average molecular weight is 403 g/mol. The Labute approximate surface area is 153 Å². The maximum atomic E-state index is 13.1. The van der Waals surface area contributed by atoms with Crippen molar-refractivity contribution in [1.82, 2.24) is 0 Å². The molecule has 9 heteroatoms. The Morgan fingerprint density at radius 2 is 1.68 bits per heavy atom. The summed E-state index contributed by atoms with van der Waals surface area (Å²) in [4.78, 5) is 12.5. The minimum Gasteiger partial charge on any atom is -0.294 e. The fourth-order valence-electron chi connectivity index (χ4n) is 2.46. The molecule has 1 aliphatic carbocycles. The molecule has 0 saturated heterocycles. The monoisotopic (exact) mass is 403 g/mol. The van der Waals surface area contributed by atoms with Gasteiger partial charge >= 0.3 is 0 Å². The summed E-state index contributed by atoms with van der Waals surface area (Å²) < 4.78 is 44.4. The van der Waals surface area contributed by atoms with Crippen molar-refractivity contribution in [3.05, 3.63) is 47.5 Å². The molecule has 1 aliphatic rings. The number of primary sulfonamides is 1. The maximum absolute atomic E-state index is 13.1. The van der Waals surface area contributed by atoms with Crippen molar-refractivity contribution < 1.29 is 21.0 Å². The molecular weight excluding hydrogens is 388 g/mol. The maximum Gasteiger partial charge on any atom is 0.206 e. The Kier molecular flexibility index (Phi) is 6.61. The fraction of sp³-hybridized carbons (Fsp3) is 0.188. The first-order valence-corrected chi connectivity index (χ1v) is 10.5. The zero-order valence-corrected chi connectivity index (χ0v) is 15.6. The lowest BCUT2D eigenvalue weighted by atomic mass is 10.0. The standard InChI is InChI=1S/C15H10F2OS2.CH5NO2S/c16-19-11-4-5-12(15(8-11)20-17)10-2-1-9-3-6-14(18)13(9)7-10;1-5(2,3)4/h1-2,4-5,7-8H,3,6H2;1H3,(H2,2,3,4). The van der Waals surface area contributed by atoms with Crippen LogP contribution in [0.4, 0.5) is 7.77 Å². The van der Waals surface area contributed by atoms with Crippen molar-refractivity contribution in [3.63, 3.8) is 0 Å². The number of sulfonamides is 1. The summed E-state index contributed by atoms with van der Waals surface area (Å²) in [5.74, 6) is 0.132. The number of aryl methyl sites for hydroxylation is 1. The molecule has 0 saturated carbocycles. The average Bonchev–Trinajstić information content (AvgIpc) is 2.93. The molecule has 0 bridgehead atoms. The molecule has 2 aromatic rings. The SMILES string of the molecule is CS(N)(=O)=O.O=C1CCc2ccc(-c3ccc(SF)cc3SF)cc21. The first kappa shape index (κ1) is 19.9. The molecule has 3 rings (SSSR count). The van der Waals surface area contributed by atoms with Gasteiger partial charge in [-0.05, 0) is 41.3 Å². The number of carbonyl (C=O) groups excluding carboxylic acids is 1. The third-order valence-electron chi connectivity index (χ3n) is 3.47. The number of fused-ring (bicyclic) bond motifs is 1. The normalized spacial score (nSPS) is 13.2. The van der Waals surface area contributed by atoms with Gasteiger partial charge < -0.3 is 0 Å². The Bertz CT molecular complexity index is 893. The second kappa shape index (κ2) is 8.31. The second-order valence-corrected chi connectivity index (χ2v) is 8.32. The number of rotatable bonds is 3. The largest absolute Gasteiger partial charge is 0.294 e. The summed E-state index contributed by atoms with van der Waals surface area (Å²) in [5, 5.41) is 4.33. The highest BCUT2D eigenvalue weighted by Crippen LogP contribution is 2.37. The highest BCUT2D eigenvalue weighted by atomic mass is 32.2. The molecule has 134 valence electrons. The fourth-order valence-corrected chi connectivity index (χ4v) is 3.25. The minimum absolute atomic E-state index is 0.0886. The summed E-state index contributed by atoms with van der Waals surface area (Å²) in [6.45, 7) is 0. The van der Waals surface area contributed by atoms with E-state index in [1.165, 1.54) is 6.07 Å². The molecule has 0 spiro atoms. The molecule has 4 nitrogen and oxygen atoms in total. The van der Waals surface area contributed by atoms with Crippen molar-refractivity contribution in [2.45, 2.75) is 22.6 Å². The van der Waals surface area contributed by atoms with Crippen LogP contribution >= 0.6 is 24.3 Å². The van der Waals surface area contributed by atoms with Gasteiger partial charge in [-0.15, -0.1) is 0 Å². The Hall–Kier alpha value is -1.42. The number of nitrogens with two attached hydrogens (primary N) is 1. The molecular formula is C16H15F2NO3S3. The summed E-state index contributed by atoms with van der Waals surface area (Å²) in [6, 6.07) is 10.4. The van der Waals surface area contributed by atoms with Gasteiger partial charge in [0, 0.05) is 21.8 Å². The van der Waals surface area contributed by atoms with Gasteiger partial charge in [-0.25, -0.2) is 13.6 Å². The number of Topliss-reactive ketones (excluding diaryl/α,β-unsaturated/α-hetero) is 1.